The molecule has 108 valence electrons. The molecule has 2 aliphatic rings. The number of hydrogen-bond acceptors (Lipinski definition) is 2. The van der Waals surface area contributed by atoms with Crippen molar-refractivity contribution in [2.24, 2.45) is 11.8 Å². The fourth-order valence-corrected chi connectivity index (χ4v) is 3.75. The Morgan fingerprint density at radius 3 is 2.65 bits per heavy atom. The molecular formula is C17H24N2O. The lowest BCUT2D eigenvalue weighted by Gasteiger charge is -2.42. The molecule has 3 rings (SSSR count). The van der Waals surface area contributed by atoms with E-state index in [-0.39, 0.29) is 12.1 Å². The van der Waals surface area contributed by atoms with Crippen molar-refractivity contribution in [1.82, 2.24) is 10.2 Å². The molecule has 3 nitrogen and oxygen atoms in total. The van der Waals surface area contributed by atoms with Gasteiger partial charge in [-0.05, 0) is 23.8 Å². The van der Waals surface area contributed by atoms with Gasteiger partial charge in [0.15, 0.2) is 0 Å². The molecular weight excluding hydrogens is 248 g/mol. The maximum atomic E-state index is 12.4. The number of benzene rings is 1. The van der Waals surface area contributed by atoms with Crippen LogP contribution in [0.5, 0.6) is 0 Å². The van der Waals surface area contributed by atoms with Gasteiger partial charge in [0.1, 0.15) is 6.17 Å². The van der Waals surface area contributed by atoms with Gasteiger partial charge in [-0.15, -0.1) is 0 Å². The van der Waals surface area contributed by atoms with E-state index >= 15 is 0 Å². The summed E-state index contributed by atoms with van der Waals surface area (Å²) in [5.41, 5.74) is 1.20. The summed E-state index contributed by atoms with van der Waals surface area (Å²) in [5, 5.41) is 3.38. The molecule has 1 saturated carbocycles. The van der Waals surface area contributed by atoms with Crippen molar-refractivity contribution < 1.29 is 4.79 Å². The second-order valence-corrected chi connectivity index (χ2v) is 6.33. The standard InChI is InChI=1S/C17H24N2O/c1-12-7-6-10-15(13(12)2)19-16(20)11-18-17(19)14-8-4-3-5-9-14/h3-5,8-9,12-13,15,17-18H,6-7,10-11H2,1-2H3. The lowest BCUT2D eigenvalue weighted by atomic mass is 9.77. The number of hydrogen-bond donors (Lipinski definition) is 1. The largest absolute Gasteiger partial charge is 0.319 e. The lowest BCUT2D eigenvalue weighted by molar-refractivity contribution is -0.132. The van der Waals surface area contributed by atoms with Crippen LogP contribution in [-0.4, -0.2) is 23.4 Å². The quantitative estimate of drug-likeness (QED) is 0.897. The first-order valence-corrected chi connectivity index (χ1v) is 7.78. The molecule has 1 aliphatic heterocycles. The molecule has 4 atom stereocenters. The van der Waals surface area contributed by atoms with Gasteiger partial charge in [0.25, 0.3) is 0 Å². The van der Waals surface area contributed by atoms with Crippen LogP contribution < -0.4 is 5.32 Å². The maximum Gasteiger partial charge on any atom is 0.238 e. The molecule has 4 unspecified atom stereocenters. The van der Waals surface area contributed by atoms with Crippen LogP contribution in [0.15, 0.2) is 30.3 Å². The van der Waals surface area contributed by atoms with Gasteiger partial charge in [-0.25, -0.2) is 0 Å². The van der Waals surface area contributed by atoms with Crippen molar-refractivity contribution >= 4 is 5.91 Å². The molecule has 1 aliphatic carbocycles. The third kappa shape index (κ3) is 2.35. The summed E-state index contributed by atoms with van der Waals surface area (Å²) >= 11 is 0. The molecule has 1 heterocycles. The maximum absolute atomic E-state index is 12.4. The average Bonchev–Trinajstić information content (AvgIpc) is 2.85. The number of carbonyl (C=O) groups is 1. The minimum atomic E-state index is 0.0569. The van der Waals surface area contributed by atoms with E-state index in [9.17, 15) is 4.79 Å². The fraction of sp³-hybridized carbons (Fsp3) is 0.588. The zero-order valence-electron chi connectivity index (χ0n) is 12.4. The highest BCUT2D eigenvalue weighted by Crippen LogP contribution is 2.37. The Balaban J connectivity index is 1.87. The van der Waals surface area contributed by atoms with E-state index in [2.05, 4.69) is 36.2 Å². The Morgan fingerprint density at radius 2 is 1.90 bits per heavy atom. The molecule has 0 spiro atoms. The summed E-state index contributed by atoms with van der Waals surface area (Å²) < 4.78 is 0. The molecule has 2 fully saturated rings. The number of nitrogens with one attached hydrogen (secondary N) is 1. The van der Waals surface area contributed by atoms with E-state index in [1.807, 2.05) is 18.2 Å². The van der Waals surface area contributed by atoms with Crippen molar-refractivity contribution in [3.8, 4) is 0 Å². The van der Waals surface area contributed by atoms with Crippen LogP contribution in [0.25, 0.3) is 0 Å². The number of amides is 1. The van der Waals surface area contributed by atoms with Crippen LogP contribution >= 0.6 is 0 Å². The van der Waals surface area contributed by atoms with Crippen molar-refractivity contribution in [1.29, 1.82) is 0 Å². The smallest absolute Gasteiger partial charge is 0.238 e. The normalized spacial score (nSPS) is 34.5. The van der Waals surface area contributed by atoms with Crippen molar-refractivity contribution in [3.05, 3.63) is 35.9 Å². The second kappa shape index (κ2) is 5.57. The highest BCUT2D eigenvalue weighted by Gasteiger charge is 2.41. The Hall–Kier alpha value is -1.35. The van der Waals surface area contributed by atoms with E-state index < -0.39 is 0 Å². The second-order valence-electron chi connectivity index (χ2n) is 6.33. The summed E-state index contributed by atoms with van der Waals surface area (Å²) in [7, 11) is 0. The van der Waals surface area contributed by atoms with Gasteiger partial charge in [0.2, 0.25) is 5.91 Å². The van der Waals surface area contributed by atoms with E-state index in [0.717, 1.165) is 6.42 Å². The first kappa shape index (κ1) is 13.6. The van der Waals surface area contributed by atoms with E-state index in [4.69, 9.17) is 0 Å². The SMILES string of the molecule is CC1CCCC(N2C(=O)CNC2c2ccccc2)C1C. The van der Waals surface area contributed by atoms with E-state index in [1.54, 1.807) is 0 Å². The van der Waals surface area contributed by atoms with E-state index in [0.29, 0.717) is 24.4 Å². The van der Waals surface area contributed by atoms with Crippen LogP contribution in [0, 0.1) is 11.8 Å². The van der Waals surface area contributed by atoms with Crippen LogP contribution in [0.1, 0.15) is 44.8 Å². The van der Waals surface area contributed by atoms with Gasteiger partial charge in [-0.1, -0.05) is 57.0 Å². The minimum Gasteiger partial charge on any atom is -0.319 e. The molecule has 0 radical (unpaired) electrons. The Morgan fingerprint density at radius 1 is 1.15 bits per heavy atom. The van der Waals surface area contributed by atoms with Crippen molar-refractivity contribution in [2.45, 2.75) is 45.3 Å². The predicted octanol–water partition coefficient (Wildman–Crippen LogP) is 2.94. The highest BCUT2D eigenvalue weighted by molar-refractivity contribution is 5.81. The van der Waals surface area contributed by atoms with Crippen LogP contribution in [0.3, 0.4) is 0 Å². The zero-order chi connectivity index (χ0) is 14.1. The molecule has 0 aromatic heterocycles. The molecule has 1 N–H and O–H groups in total. The molecule has 20 heavy (non-hydrogen) atoms. The number of carbonyl (C=O) groups excluding carboxylic acids is 1. The highest BCUT2D eigenvalue weighted by atomic mass is 16.2. The summed E-state index contributed by atoms with van der Waals surface area (Å²) in [6, 6.07) is 10.7. The van der Waals surface area contributed by atoms with Gasteiger partial charge >= 0.3 is 0 Å². The van der Waals surface area contributed by atoms with Gasteiger partial charge in [-0.2, -0.15) is 0 Å². The van der Waals surface area contributed by atoms with Crippen molar-refractivity contribution in [3.63, 3.8) is 0 Å². The van der Waals surface area contributed by atoms with E-state index in [1.165, 1.54) is 18.4 Å². The predicted molar refractivity (Wildman–Crippen MR) is 80.0 cm³/mol. The van der Waals surface area contributed by atoms with Gasteiger partial charge in [0.05, 0.1) is 6.54 Å². The average molecular weight is 272 g/mol. The topological polar surface area (TPSA) is 32.3 Å². The van der Waals surface area contributed by atoms with Gasteiger partial charge < -0.3 is 4.90 Å². The minimum absolute atomic E-state index is 0.0569. The molecule has 1 aromatic carbocycles. The summed E-state index contributed by atoms with van der Waals surface area (Å²) in [6.45, 7) is 5.10. The Kier molecular flexibility index (Phi) is 3.79. The fourth-order valence-electron chi connectivity index (χ4n) is 3.75. The van der Waals surface area contributed by atoms with Gasteiger partial charge in [-0.3, -0.25) is 10.1 Å². The van der Waals surface area contributed by atoms with Crippen LogP contribution in [0.2, 0.25) is 0 Å². The molecule has 1 amide bonds. The number of nitrogens with zero attached hydrogens (tertiary/aromatic N) is 1. The monoisotopic (exact) mass is 272 g/mol. The summed E-state index contributed by atoms with van der Waals surface area (Å²) in [4.78, 5) is 14.5. The molecule has 1 saturated heterocycles. The van der Waals surface area contributed by atoms with Crippen LogP contribution in [0.4, 0.5) is 0 Å². The number of rotatable bonds is 2. The third-order valence-corrected chi connectivity index (χ3v) is 5.15. The third-order valence-electron chi connectivity index (χ3n) is 5.15. The van der Waals surface area contributed by atoms with Crippen molar-refractivity contribution in [2.75, 3.05) is 6.54 Å². The summed E-state index contributed by atoms with van der Waals surface area (Å²) in [5.74, 6) is 1.54. The molecule has 3 heteroatoms. The zero-order valence-corrected chi connectivity index (χ0v) is 12.4. The lowest BCUT2D eigenvalue weighted by Crippen LogP contribution is -2.46. The molecule has 0 bridgehead atoms. The Labute approximate surface area is 121 Å². The van der Waals surface area contributed by atoms with Gasteiger partial charge in [0, 0.05) is 6.04 Å². The molecule has 1 aromatic rings. The Bertz CT molecular complexity index is 473. The first-order chi connectivity index (χ1) is 9.68. The summed E-state index contributed by atoms with van der Waals surface area (Å²) in [6.07, 6.45) is 3.73. The first-order valence-electron chi connectivity index (χ1n) is 7.78. The van der Waals surface area contributed by atoms with Crippen LogP contribution in [-0.2, 0) is 4.79 Å².